The van der Waals surface area contributed by atoms with Crippen LogP contribution in [-0.4, -0.2) is 29.0 Å². The number of H-pyrrole nitrogens is 1. The fourth-order valence-corrected chi connectivity index (χ4v) is 4.42. The minimum atomic E-state index is -0.131. The van der Waals surface area contributed by atoms with Crippen LogP contribution < -0.4 is 9.64 Å². The predicted molar refractivity (Wildman–Crippen MR) is 112 cm³/mol. The summed E-state index contributed by atoms with van der Waals surface area (Å²) < 4.78 is 6.04. The highest BCUT2D eigenvalue weighted by molar-refractivity contribution is 6.15. The summed E-state index contributed by atoms with van der Waals surface area (Å²) in [5, 5.41) is 11.5. The van der Waals surface area contributed by atoms with Crippen LogP contribution in [0.15, 0.2) is 48.4 Å². The van der Waals surface area contributed by atoms with Crippen molar-refractivity contribution < 1.29 is 19.5 Å². The van der Waals surface area contributed by atoms with E-state index in [1.807, 2.05) is 30.5 Å². The van der Waals surface area contributed by atoms with E-state index in [1.165, 1.54) is 17.7 Å². The minimum absolute atomic E-state index is 0.131. The van der Waals surface area contributed by atoms with Crippen molar-refractivity contribution in [1.29, 1.82) is 0 Å². The van der Waals surface area contributed by atoms with Crippen molar-refractivity contribution in [3.63, 3.8) is 0 Å². The Balaban J connectivity index is 1.47. The molecule has 1 saturated heterocycles. The van der Waals surface area contributed by atoms with Crippen molar-refractivity contribution in [2.75, 3.05) is 13.1 Å². The van der Waals surface area contributed by atoms with Crippen LogP contribution in [0, 0.1) is 5.92 Å². The molecule has 0 bridgehead atoms. The van der Waals surface area contributed by atoms with Gasteiger partial charge in [0, 0.05) is 22.7 Å². The summed E-state index contributed by atoms with van der Waals surface area (Å²) in [5.41, 5.74) is 3.21. The van der Waals surface area contributed by atoms with Gasteiger partial charge in [0.1, 0.15) is 12.3 Å². The normalized spacial score (nSPS) is 22.8. The van der Waals surface area contributed by atoms with Crippen LogP contribution in [0.4, 0.5) is 0 Å². The summed E-state index contributed by atoms with van der Waals surface area (Å²) >= 11 is 0. The maximum Gasteiger partial charge on any atom is 0.231 e. The monoisotopic (exact) mass is 389 g/mol. The molecular weight excluding hydrogens is 364 g/mol. The van der Waals surface area contributed by atoms with Crippen LogP contribution >= 0.6 is 0 Å². The van der Waals surface area contributed by atoms with Crippen LogP contribution in [-0.2, 0) is 6.54 Å². The summed E-state index contributed by atoms with van der Waals surface area (Å²) in [5.74, 6) is 1.66. The fraction of sp³-hybridized carbons (Fsp3) is 0.292. The molecule has 0 saturated carbocycles. The number of phenols is 1. The molecule has 1 fully saturated rings. The number of nitrogens with one attached hydrogen (secondary N) is 2. The summed E-state index contributed by atoms with van der Waals surface area (Å²) in [6, 6.07) is 11.3. The summed E-state index contributed by atoms with van der Waals surface area (Å²) in [6.45, 7) is 5.12. The fourth-order valence-electron chi connectivity index (χ4n) is 4.42. The molecule has 3 heterocycles. The Labute approximate surface area is 169 Å². The van der Waals surface area contributed by atoms with Gasteiger partial charge in [0.05, 0.1) is 24.2 Å². The molecule has 1 aromatic heterocycles. The first-order chi connectivity index (χ1) is 14.1. The SMILES string of the molecule is CC1CC[NH+](Cc2c(O)ccc3c2O/C(=C/c2c[nH]c4ccccc24)C3=O)CC1. The number of benzene rings is 2. The highest BCUT2D eigenvalue weighted by atomic mass is 16.5. The minimum Gasteiger partial charge on any atom is -0.507 e. The molecule has 2 aliphatic rings. The third-order valence-corrected chi connectivity index (χ3v) is 6.23. The van der Waals surface area contributed by atoms with E-state index in [4.69, 9.17) is 4.74 Å². The smallest absolute Gasteiger partial charge is 0.231 e. The zero-order chi connectivity index (χ0) is 20.0. The number of aromatic nitrogens is 1. The second-order valence-electron chi connectivity index (χ2n) is 8.28. The second-order valence-corrected chi connectivity index (χ2v) is 8.28. The Bertz CT molecular complexity index is 1120. The Morgan fingerprint density at radius 2 is 2.00 bits per heavy atom. The molecular formula is C24H25N2O3+. The molecule has 0 amide bonds. The average Bonchev–Trinajstić information content (AvgIpc) is 3.28. The lowest BCUT2D eigenvalue weighted by molar-refractivity contribution is -0.919. The van der Waals surface area contributed by atoms with Gasteiger partial charge in [-0.25, -0.2) is 0 Å². The second kappa shape index (κ2) is 7.08. The molecule has 0 spiro atoms. The number of piperidine rings is 1. The van der Waals surface area contributed by atoms with E-state index in [9.17, 15) is 9.90 Å². The van der Waals surface area contributed by atoms with Gasteiger partial charge in [-0.3, -0.25) is 4.79 Å². The van der Waals surface area contributed by atoms with Gasteiger partial charge in [-0.05, 0) is 43.0 Å². The quantitative estimate of drug-likeness (QED) is 0.602. The van der Waals surface area contributed by atoms with Crippen molar-refractivity contribution in [2.24, 2.45) is 5.92 Å². The van der Waals surface area contributed by atoms with Crippen LogP contribution in [0.5, 0.6) is 11.5 Å². The number of fused-ring (bicyclic) bond motifs is 2. The van der Waals surface area contributed by atoms with Gasteiger partial charge >= 0.3 is 0 Å². The van der Waals surface area contributed by atoms with Crippen LogP contribution in [0.3, 0.4) is 0 Å². The van der Waals surface area contributed by atoms with Gasteiger partial charge in [-0.15, -0.1) is 0 Å². The van der Waals surface area contributed by atoms with Gasteiger partial charge in [0.15, 0.2) is 11.5 Å². The van der Waals surface area contributed by atoms with Crippen molar-refractivity contribution in [2.45, 2.75) is 26.3 Å². The standard InChI is InChI=1S/C24H24N2O3/c1-15-8-10-26(11-9-15)14-19-21(27)7-6-18-23(28)22(29-24(18)19)12-16-13-25-20-5-3-2-4-17(16)20/h2-7,12-13,15,25,27H,8-11,14H2,1H3/p+1/b22-12+. The molecule has 3 N–H and O–H groups in total. The molecule has 5 rings (SSSR count). The lowest BCUT2D eigenvalue weighted by atomic mass is 9.98. The molecule has 0 atom stereocenters. The van der Waals surface area contributed by atoms with Crippen molar-refractivity contribution in [3.8, 4) is 11.5 Å². The predicted octanol–water partition coefficient (Wildman–Crippen LogP) is 3.30. The summed E-state index contributed by atoms with van der Waals surface area (Å²) in [7, 11) is 0. The maximum atomic E-state index is 13.0. The molecule has 0 unspecified atom stereocenters. The average molecular weight is 389 g/mol. The van der Waals surface area contributed by atoms with Crippen LogP contribution in [0.1, 0.15) is 41.3 Å². The number of ketones is 1. The van der Waals surface area contributed by atoms with Gasteiger partial charge in [0.25, 0.3) is 0 Å². The Morgan fingerprint density at radius 1 is 1.21 bits per heavy atom. The summed E-state index contributed by atoms with van der Waals surface area (Å²) in [4.78, 5) is 17.6. The van der Waals surface area contributed by atoms with Gasteiger partial charge in [0.2, 0.25) is 5.78 Å². The first-order valence-corrected chi connectivity index (χ1v) is 10.3. The topological polar surface area (TPSA) is 66.8 Å². The lowest BCUT2D eigenvalue weighted by Crippen LogP contribution is -3.11. The third kappa shape index (κ3) is 3.21. The first kappa shape index (κ1) is 18.0. The van der Waals surface area contributed by atoms with Gasteiger partial charge < -0.3 is 19.7 Å². The number of likely N-dealkylation sites (tertiary alicyclic amines) is 1. The summed E-state index contributed by atoms with van der Waals surface area (Å²) in [6.07, 6.45) is 6.05. The molecule has 0 aliphatic carbocycles. The Hall–Kier alpha value is -3.05. The lowest BCUT2D eigenvalue weighted by Gasteiger charge is -2.27. The number of Topliss-reactive ketones (excluding diaryl/α,β-unsaturated/α-hetero) is 1. The van der Waals surface area contributed by atoms with Gasteiger partial charge in [-0.1, -0.05) is 25.1 Å². The number of aromatic hydroxyl groups is 1. The largest absolute Gasteiger partial charge is 0.507 e. The number of quaternary nitrogens is 1. The molecule has 2 aromatic carbocycles. The Kier molecular flexibility index (Phi) is 4.40. The number of carbonyl (C=O) groups is 1. The van der Waals surface area contributed by atoms with E-state index in [2.05, 4.69) is 11.9 Å². The number of hydrogen-bond acceptors (Lipinski definition) is 3. The number of rotatable bonds is 3. The number of carbonyl (C=O) groups excluding carboxylic acids is 1. The van der Waals surface area contributed by atoms with Crippen molar-refractivity contribution >= 4 is 22.8 Å². The molecule has 5 nitrogen and oxygen atoms in total. The van der Waals surface area contributed by atoms with E-state index < -0.39 is 0 Å². The third-order valence-electron chi connectivity index (χ3n) is 6.23. The number of hydrogen-bond donors (Lipinski definition) is 3. The molecule has 5 heteroatoms. The number of ether oxygens (including phenoxy) is 1. The number of para-hydroxylation sites is 1. The molecule has 3 aromatic rings. The number of aromatic amines is 1. The molecule has 29 heavy (non-hydrogen) atoms. The molecule has 148 valence electrons. The van der Waals surface area contributed by atoms with E-state index in [0.29, 0.717) is 23.6 Å². The van der Waals surface area contributed by atoms with E-state index in [0.717, 1.165) is 41.0 Å². The maximum absolute atomic E-state index is 13.0. The van der Waals surface area contributed by atoms with Crippen LogP contribution in [0.2, 0.25) is 0 Å². The van der Waals surface area contributed by atoms with Crippen LogP contribution in [0.25, 0.3) is 17.0 Å². The highest BCUT2D eigenvalue weighted by Crippen LogP contribution is 2.39. The van der Waals surface area contributed by atoms with Gasteiger partial charge in [-0.2, -0.15) is 0 Å². The van der Waals surface area contributed by atoms with Crippen molar-refractivity contribution in [1.82, 2.24) is 4.98 Å². The number of allylic oxidation sites excluding steroid dienone is 1. The van der Waals surface area contributed by atoms with E-state index >= 15 is 0 Å². The zero-order valence-corrected chi connectivity index (χ0v) is 16.5. The molecule has 2 aliphatic heterocycles. The Morgan fingerprint density at radius 3 is 2.83 bits per heavy atom. The number of phenolic OH excluding ortho intramolecular Hbond substituents is 1. The van der Waals surface area contributed by atoms with E-state index in [1.54, 1.807) is 18.2 Å². The van der Waals surface area contributed by atoms with Crippen molar-refractivity contribution in [3.05, 3.63) is 65.0 Å². The van der Waals surface area contributed by atoms with E-state index in [-0.39, 0.29) is 11.5 Å². The zero-order valence-electron chi connectivity index (χ0n) is 16.5. The molecule has 0 radical (unpaired) electrons. The first-order valence-electron chi connectivity index (χ1n) is 10.3. The highest BCUT2D eigenvalue weighted by Gasteiger charge is 2.33.